The van der Waals surface area contributed by atoms with Crippen LogP contribution in [0.15, 0.2) is 41.3 Å². The SMILES string of the molecule is Cc1nc2nc([C@@H]3CCO[C@H](c4ccc(=O)n(C)c4)C3)nc(-c3ccc(C(F)(F)F)cc3F)c2nc1C(F)F. The van der Waals surface area contributed by atoms with Crippen molar-refractivity contribution in [2.24, 2.45) is 7.05 Å². The van der Waals surface area contributed by atoms with Crippen molar-refractivity contribution in [3.05, 3.63) is 81.0 Å². The number of benzene rings is 1. The number of alkyl halides is 5. The largest absolute Gasteiger partial charge is 0.416 e. The highest BCUT2D eigenvalue weighted by molar-refractivity contribution is 5.87. The number of halogens is 6. The van der Waals surface area contributed by atoms with Crippen molar-refractivity contribution in [3.63, 3.8) is 0 Å². The van der Waals surface area contributed by atoms with Gasteiger partial charge in [-0.25, -0.2) is 33.1 Å². The normalized spacial score (nSPS) is 18.2. The monoisotopic (exact) mass is 549 g/mol. The van der Waals surface area contributed by atoms with Gasteiger partial charge in [0.25, 0.3) is 6.43 Å². The molecule has 3 aromatic heterocycles. The smallest absolute Gasteiger partial charge is 0.373 e. The molecule has 5 rings (SSSR count). The van der Waals surface area contributed by atoms with E-state index in [0.29, 0.717) is 31.6 Å². The zero-order chi connectivity index (χ0) is 28.1. The molecule has 1 aliphatic rings. The Kier molecular flexibility index (Phi) is 6.87. The Bertz CT molecular complexity index is 1620. The maximum absolute atomic E-state index is 15.1. The van der Waals surface area contributed by atoms with Crippen LogP contribution in [0.3, 0.4) is 0 Å². The molecule has 1 aromatic carbocycles. The Balaban J connectivity index is 1.64. The van der Waals surface area contributed by atoms with E-state index in [9.17, 15) is 26.7 Å². The molecule has 0 N–H and O–H groups in total. The van der Waals surface area contributed by atoms with Gasteiger partial charge in [-0.1, -0.05) is 0 Å². The molecule has 0 spiro atoms. The van der Waals surface area contributed by atoms with Crippen molar-refractivity contribution in [3.8, 4) is 11.3 Å². The van der Waals surface area contributed by atoms with Gasteiger partial charge in [-0.15, -0.1) is 0 Å². The average molecular weight is 549 g/mol. The molecule has 4 aromatic rings. The highest BCUT2D eigenvalue weighted by Crippen LogP contribution is 2.39. The van der Waals surface area contributed by atoms with E-state index < -0.39 is 35.8 Å². The van der Waals surface area contributed by atoms with E-state index in [1.54, 1.807) is 19.3 Å². The summed E-state index contributed by atoms with van der Waals surface area (Å²) >= 11 is 0. The van der Waals surface area contributed by atoms with Gasteiger partial charge in [-0.3, -0.25) is 4.79 Å². The number of nitrogens with zero attached hydrogens (tertiary/aromatic N) is 5. The fraction of sp³-hybridized carbons (Fsp3) is 0.346. The number of aromatic nitrogens is 5. The summed E-state index contributed by atoms with van der Waals surface area (Å²) in [5.41, 5.74) is -2.32. The first-order chi connectivity index (χ1) is 18.4. The van der Waals surface area contributed by atoms with Gasteiger partial charge in [-0.2, -0.15) is 13.2 Å². The molecule has 7 nitrogen and oxygen atoms in total. The van der Waals surface area contributed by atoms with Gasteiger partial charge in [0, 0.05) is 37.4 Å². The third-order valence-corrected chi connectivity index (χ3v) is 6.65. The topological polar surface area (TPSA) is 82.8 Å². The van der Waals surface area contributed by atoms with Crippen LogP contribution in [0.4, 0.5) is 26.3 Å². The molecule has 204 valence electrons. The number of pyridine rings is 1. The highest BCUT2D eigenvalue weighted by Gasteiger charge is 2.33. The number of aryl methyl sites for hydroxylation is 2. The van der Waals surface area contributed by atoms with Gasteiger partial charge < -0.3 is 9.30 Å². The standard InChI is InChI=1S/C26H21F6N5O2/c1-12-20(23(28)29)34-22-21(16-5-4-15(10-17(16)27)26(30,31)32)35-24(36-25(22)33-12)13-7-8-39-18(9-13)14-3-6-19(38)37(2)11-14/h3-6,10-11,13,18,23H,7-9H2,1-2H3/t13-,18+/m1/s1. The van der Waals surface area contributed by atoms with Gasteiger partial charge in [0.05, 0.1) is 17.4 Å². The molecule has 0 bridgehead atoms. The number of ether oxygens (including phenoxy) is 1. The van der Waals surface area contributed by atoms with E-state index >= 15 is 4.39 Å². The molecule has 39 heavy (non-hydrogen) atoms. The molecule has 0 saturated carbocycles. The number of hydrogen-bond acceptors (Lipinski definition) is 6. The van der Waals surface area contributed by atoms with E-state index in [1.165, 1.54) is 17.6 Å². The van der Waals surface area contributed by atoms with Crippen LogP contribution in [0.2, 0.25) is 0 Å². The molecule has 1 aliphatic heterocycles. The van der Waals surface area contributed by atoms with Crippen molar-refractivity contribution in [1.82, 2.24) is 24.5 Å². The summed E-state index contributed by atoms with van der Waals surface area (Å²) in [6, 6.07) is 4.97. The van der Waals surface area contributed by atoms with Crippen LogP contribution >= 0.6 is 0 Å². The molecule has 0 unspecified atom stereocenters. The maximum atomic E-state index is 15.1. The fourth-order valence-corrected chi connectivity index (χ4v) is 4.59. The molecule has 0 radical (unpaired) electrons. The predicted octanol–water partition coefficient (Wildman–Crippen LogP) is 5.82. The van der Waals surface area contributed by atoms with E-state index in [0.717, 1.165) is 11.6 Å². The zero-order valence-corrected chi connectivity index (χ0v) is 20.6. The van der Waals surface area contributed by atoms with E-state index in [1.807, 2.05) is 0 Å². The van der Waals surface area contributed by atoms with Crippen molar-refractivity contribution >= 4 is 11.2 Å². The predicted molar refractivity (Wildman–Crippen MR) is 128 cm³/mol. The second-order valence-corrected chi connectivity index (χ2v) is 9.28. The van der Waals surface area contributed by atoms with Crippen LogP contribution in [0, 0.1) is 12.7 Å². The van der Waals surface area contributed by atoms with Gasteiger partial charge >= 0.3 is 6.18 Å². The van der Waals surface area contributed by atoms with Crippen molar-refractivity contribution in [2.45, 2.75) is 44.4 Å². The van der Waals surface area contributed by atoms with Crippen molar-refractivity contribution in [1.29, 1.82) is 0 Å². The Morgan fingerprint density at radius 3 is 2.51 bits per heavy atom. The molecule has 2 atom stereocenters. The summed E-state index contributed by atoms with van der Waals surface area (Å²) in [4.78, 5) is 28.8. The van der Waals surface area contributed by atoms with Gasteiger partial charge in [-0.05, 0) is 49.6 Å². The van der Waals surface area contributed by atoms with Gasteiger partial charge in [0.15, 0.2) is 5.65 Å². The lowest BCUT2D eigenvalue weighted by molar-refractivity contribution is -0.137. The Hall–Kier alpha value is -3.87. The summed E-state index contributed by atoms with van der Waals surface area (Å²) in [6.45, 7) is 1.64. The van der Waals surface area contributed by atoms with Crippen LogP contribution in [-0.2, 0) is 18.0 Å². The minimum atomic E-state index is -4.78. The minimum Gasteiger partial charge on any atom is -0.373 e. The van der Waals surface area contributed by atoms with E-state index in [-0.39, 0.29) is 45.4 Å². The molecular weight excluding hydrogens is 528 g/mol. The average Bonchev–Trinajstić information content (AvgIpc) is 2.88. The second-order valence-electron chi connectivity index (χ2n) is 9.28. The number of rotatable bonds is 4. The zero-order valence-electron chi connectivity index (χ0n) is 20.6. The Labute approximate surface area is 217 Å². The third kappa shape index (κ3) is 5.22. The summed E-state index contributed by atoms with van der Waals surface area (Å²) in [6.07, 6.45) is -5.71. The quantitative estimate of drug-likeness (QED) is 0.298. The third-order valence-electron chi connectivity index (χ3n) is 6.65. The van der Waals surface area contributed by atoms with Crippen LogP contribution in [0.5, 0.6) is 0 Å². The van der Waals surface area contributed by atoms with Crippen LogP contribution in [0.1, 0.15) is 59.6 Å². The molecule has 0 aliphatic carbocycles. The Morgan fingerprint density at radius 2 is 1.85 bits per heavy atom. The molecule has 4 heterocycles. The molecule has 1 saturated heterocycles. The maximum Gasteiger partial charge on any atom is 0.416 e. The molecule has 13 heteroatoms. The molecule has 0 amide bonds. The molecule has 1 fully saturated rings. The van der Waals surface area contributed by atoms with E-state index in [2.05, 4.69) is 19.9 Å². The van der Waals surface area contributed by atoms with Crippen LogP contribution < -0.4 is 5.56 Å². The van der Waals surface area contributed by atoms with Crippen molar-refractivity contribution < 1.29 is 31.1 Å². The number of fused-ring (bicyclic) bond motifs is 1. The fourth-order valence-electron chi connectivity index (χ4n) is 4.59. The molecular formula is C26H21F6N5O2. The highest BCUT2D eigenvalue weighted by atomic mass is 19.4. The lowest BCUT2D eigenvalue weighted by Gasteiger charge is -2.29. The summed E-state index contributed by atoms with van der Waals surface area (Å²) < 4.78 is 89.0. The van der Waals surface area contributed by atoms with Crippen LogP contribution in [0.25, 0.3) is 22.4 Å². The van der Waals surface area contributed by atoms with Crippen molar-refractivity contribution in [2.75, 3.05) is 6.61 Å². The lowest BCUT2D eigenvalue weighted by Crippen LogP contribution is -2.23. The van der Waals surface area contributed by atoms with Gasteiger partial charge in [0.1, 0.15) is 28.5 Å². The number of hydrogen-bond donors (Lipinski definition) is 0. The second kappa shape index (κ2) is 10.0. The summed E-state index contributed by atoms with van der Waals surface area (Å²) in [5.74, 6) is -1.39. The lowest BCUT2D eigenvalue weighted by atomic mass is 9.91. The Morgan fingerprint density at radius 1 is 1.08 bits per heavy atom. The first-order valence-corrected chi connectivity index (χ1v) is 11.9. The first kappa shape index (κ1) is 26.7. The first-order valence-electron chi connectivity index (χ1n) is 11.9. The van der Waals surface area contributed by atoms with E-state index in [4.69, 9.17) is 4.74 Å². The summed E-state index contributed by atoms with van der Waals surface area (Å²) in [7, 11) is 1.61. The minimum absolute atomic E-state index is 0.0821. The van der Waals surface area contributed by atoms with Crippen LogP contribution in [-0.4, -0.2) is 31.1 Å². The summed E-state index contributed by atoms with van der Waals surface area (Å²) in [5, 5.41) is 0. The van der Waals surface area contributed by atoms with Gasteiger partial charge in [0.2, 0.25) is 5.56 Å².